The summed E-state index contributed by atoms with van der Waals surface area (Å²) in [4.78, 5) is 65.9. The summed E-state index contributed by atoms with van der Waals surface area (Å²) in [6.45, 7) is 10.6. The van der Waals surface area contributed by atoms with Crippen LogP contribution in [-0.2, 0) is 28.8 Å². The van der Waals surface area contributed by atoms with Gasteiger partial charge in [0.1, 0.15) is 0 Å². The summed E-state index contributed by atoms with van der Waals surface area (Å²) in [5.74, 6) is -50.2. The fraction of sp³-hybridized carbons (Fsp3) is 0.700. The number of rotatable bonds is 12. The van der Waals surface area contributed by atoms with E-state index in [0.29, 0.717) is 0 Å². The Hall–Kier alpha value is -2.55. The van der Waals surface area contributed by atoms with E-state index in [1.807, 2.05) is 0 Å². The Morgan fingerprint density at radius 3 is 0.483 bits per heavy atom. The van der Waals surface area contributed by atoms with Crippen LogP contribution in [0.2, 0.25) is 0 Å². The molecule has 0 aliphatic heterocycles. The van der Waals surface area contributed by atoms with Crippen molar-refractivity contribution >= 4 is 34.7 Å². The van der Waals surface area contributed by atoms with E-state index in [0.717, 1.165) is 0 Å². The van der Waals surface area contributed by atoms with Gasteiger partial charge < -0.3 is 28.8 Å². The molecule has 0 aliphatic carbocycles. The van der Waals surface area contributed by atoms with Gasteiger partial charge in [-0.05, 0) is 16.2 Å². The van der Waals surface area contributed by atoms with E-state index < -0.39 is 124 Å². The molecule has 342 valence electrons. The molecule has 0 aromatic heterocycles. The smallest absolute Gasteiger partial charge is 0.333 e. The topological polar surface area (TPSA) is 102 Å². The van der Waals surface area contributed by atoms with E-state index in [1.165, 1.54) is 62.3 Å². The summed E-state index contributed by atoms with van der Waals surface area (Å²) in [5.41, 5.74) is -4.09. The van der Waals surface area contributed by atoms with Gasteiger partial charge in [0.25, 0.3) is 0 Å². The minimum absolute atomic E-state index is 0. The van der Waals surface area contributed by atoms with E-state index in [-0.39, 0.29) is 38.6 Å². The number of hydrogen-bond acceptors (Lipinski definition) is 6. The Labute approximate surface area is 345 Å². The van der Waals surface area contributed by atoms with E-state index in [2.05, 4.69) is 0 Å². The molecular formula is C30H30F21O6Tb. The third-order valence-corrected chi connectivity index (χ3v) is 6.18. The van der Waals surface area contributed by atoms with E-state index in [4.69, 9.17) is 0 Å². The van der Waals surface area contributed by atoms with Crippen molar-refractivity contribution < 1.29 is 160 Å². The molecule has 6 nitrogen and oxygen atoms in total. The summed E-state index contributed by atoms with van der Waals surface area (Å²) in [6, 6.07) is 0. The summed E-state index contributed by atoms with van der Waals surface area (Å²) in [5, 5.41) is 0. The van der Waals surface area contributed by atoms with Gasteiger partial charge in [-0.15, -0.1) is 0 Å². The molecule has 0 fully saturated rings. The molecule has 0 unspecified atom stereocenters. The minimum Gasteiger partial charge on any atom is -0.333 e. The van der Waals surface area contributed by atoms with Gasteiger partial charge in [-0.3, -0.25) is 19.3 Å². The van der Waals surface area contributed by atoms with Crippen molar-refractivity contribution in [3.05, 3.63) is 19.3 Å². The van der Waals surface area contributed by atoms with Gasteiger partial charge in [0, 0.05) is 17.3 Å². The van der Waals surface area contributed by atoms with Crippen LogP contribution in [0.4, 0.5) is 92.2 Å². The molecule has 0 heterocycles. The SMILES string of the molecule is CC(C)(C)C(=O)[CH-]C(=O)C(F)(F)C(F)(F)C(F)(F)F.CC(C)(C)C(=O)[CH-]C(=O)C(F)(F)C(F)(F)C(F)(F)F.CC(C)(C)C(=O)[CH-]C(=O)C(F)(F)C(F)(F)C(F)(F)F.[Tb+3]. The van der Waals surface area contributed by atoms with Gasteiger partial charge in [-0.2, -0.15) is 92.2 Å². The Balaban J connectivity index is -0.000000374. The van der Waals surface area contributed by atoms with Crippen LogP contribution in [0.3, 0.4) is 0 Å². The molecule has 0 amide bonds. The molecular weight excluding hydrogens is 1010 g/mol. The number of carbonyl (C=O) groups is 6. The number of Topliss-reactive ketones (excluding diaryl/α,β-unsaturated/α-hetero) is 6. The van der Waals surface area contributed by atoms with Crippen molar-refractivity contribution in [3.8, 4) is 0 Å². The van der Waals surface area contributed by atoms with Crippen LogP contribution in [0.15, 0.2) is 0 Å². The number of halogens is 21. The van der Waals surface area contributed by atoms with Crippen molar-refractivity contribution in [3.63, 3.8) is 0 Å². The second kappa shape index (κ2) is 19.0. The molecule has 0 spiro atoms. The van der Waals surface area contributed by atoms with Crippen molar-refractivity contribution in [2.24, 2.45) is 16.2 Å². The van der Waals surface area contributed by atoms with Crippen LogP contribution >= 0.6 is 0 Å². The maximum Gasteiger partial charge on any atom is 3.00 e. The van der Waals surface area contributed by atoms with Crippen LogP contribution in [-0.4, -0.2) is 88.8 Å². The second-order valence-electron chi connectivity index (χ2n) is 14.3. The molecule has 0 aromatic rings. The molecule has 0 aromatic carbocycles. The summed E-state index contributed by atoms with van der Waals surface area (Å²) >= 11 is 0. The van der Waals surface area contributed by atoms with Crippen LogP contribution in [0, 0.1) is 74.1 Å². The maximum absolute atomic E-state index is 12.8. The third-order valence-electron chi connectivity index (χ3n) is 6.18. The Kier molecular flexibility index (Phi) is 20.4. The Morgan fingerprint density at radius 2 is 0.397 bits per heavy atom. The summed E-state index contributed by atoms with van der Waals surface area (Å²) in [6.07, 6.45) is -21.1. The van der Waals surface area contributed by atoms with Crippen molar-refractivity contribution in [1.82, 2.24) is 0 Å². The fourth-order valence-electron chi connectivity index (χ4n) is 2.28. The van der Waals surface area contributed by atoms with Crippen molar-refractivity contribution in [2.75, 3.05) is 0 Å². The zero-order valence-corrected chi connectivity index (χ0v) is 32.6. The summed E-state index contributed by atoms with van der Waals surface area (Å²) < 4.78 is 258. The first kappa shape index (κ1) is 62.1. The van der Waals surface area contributed by atoms with Gasteiger partial charge in [-0.1, -0.05) is 62.3 Å². The molecule has 0 rings (SSSR count). The first-order chi connectivity index (χ1) is 24.1. The molecule has 0 atom stereocenters. The quantitative estimate of drug-likeness (QED) is 0.110. The Morgan fingerprint density at radius 1 is 0.276 bits per heavy atom. The van der Waals surface area contributed by atoms with Crippen molar-refractivity contribution in [1.29, 1.82) is 0 Å². The molecule has 58 heavy (non-hydrogen) atoms. The second-order valence-corrected chi connectivity index (χ2v) is 14.3. The molecule has 0 saturated heterocycles. The molecule has 0 N–H and O–H groups in total. The number of hydrogen-bond donors (Lipinski definition) is 0. The van der Waals surface area contributed by atoms with Crippen molar-refractivity contribution in [2.45, 2.75) is 116 Å². The van der Waals surface area contributed by atoms with Crippen LogP contribution in [0.25, 0.3) is 0 Å². The largest absolute Gasteiger partial charge is 3.00 e. The van der Waals surface area contributed by atoms with E-state index >= 15 is 0 Å². The first-order valence-electron chi connectivity index (χ1n) is 14.4. The first-order valence-corrected chi connectivity index (χ1v) is 14.4. The predicted molar refractivity (Wildman–Crippen MR) is 149 cm³/mol. The third kappa shape index (κ3) is 14.9. The van der Waals surface area contributed by atoms with Gasteiger partial charge in [0.2, 0.25) is 0 Å². The van der Waals surface area contributed by atoms with Gasteiger partial charge in [-0.25, -0.2) is 0 Å². The number of alkyl halides is 21. The van der Waals surface area contributed by atoms with Crippen LogP contribution in [0.5, 0.6) is 0 Å². The zero-order valence-electron chi connectivity index (χ0n) is 30.5. The van der Waals surface area contributed by atoms with Crippen LogP contribution in [0.1, 0.15) is 62.3 Å². The standard InChI is InChI=1S/3C10H10F7O2.Tb/c3*1-7(2,3)5(18)4-6(19)8(11,12)9(13,14)10(15,16)17;/h3*4H,1-3H3;/q3*-1;+3. The molecule has 28 heteroatoms. The van der Waals surface area contributed by atoms with Gasteiger partial charge in [0.05, 0.1) is 17.3 Å². The average Bonchev–Trinajstić information content (AvgIpc) is 2.93. The van der Waals surface area contributed by atoms with Gasteiger partial charge >= 0.3 is 92.7 Å². The van der Waals surface area contributed by atoms with Crippen LogP contribution < -0.4 is 0 Å². The number of ketones is 6. The normalized spacial score (nSPS) is 14.0. The zero-order chi connectivity index (χ0) is 47.6. The van der Waals surface area contributed by atoms with Gasteiger partial charge in [0.15, 0.2) is 0 Å². The predicted octanol–water partition coefficient (Wildman–Crippen LogP) is 9.62. The molecule has 0 bridgehead atoms. The molecule has 0 aliphatic rings. The maximum atomic E-state index is 12.8. The minimum atomic E-state index is -6.61. The summed E-state index contributed by atoms with van der Waals surface area (Å²) in [7, 11) is 0. The molecule has 0 saturated carbocycles. The average molecular weight is 1040 g/mol. The Bertz CT molecular complexity index is 1310. The number of carbonyl (C=O) groups excluding carboxylic acids is 6. The molecule has 0 radical (unpaired) electrons. The monoisotopic (exact) mass is 1040 g/mol. The van der Waals surface area contributed by atoms with E-state index in [9.17, 15) is 121 Å². The fourth-order valence-corrected chi connectivity index (χ4v) is 2.28. The van der Waals surface area contributed by atoms with E-state index in [1.54, 1.807) is 0 Å².